The van der Waals surface area contributed by atoms with E-state index in [0.717, 1.165) is 29.6 Å². The van der Waals surface area contributed by atoms with Crippen molar-refractivity contribution in [2.75, 3.05) is 0 Å². The van der Waals surface area contributed by atoms with Gasteiger partial charge in [-0.15, -0.1) is 0 Å². The van der Waals surface area contributed by atoms with Gasteiger partial charge in [-0.2, -0.15) is 0 Å². The van der Waals surface area contributed by atoms with Crippen molar-refractivity contribution in [3.63, 3.8) is 0 Å². The second kappa shape index (κ2) is 4.11. The number of rotatable bonds is 0. The summed E-state index contributed by atoms with van der Waals surface area (Å²) in [5.74, 6) is 4.86. The van der Waals surface area contributed by atoms with Gasteiger partial charge in [-0.3, -0.25) is 0 Å². The Morgan fingerprint density at radius 2 is 1.72 bits per heavy atom. The average molecular weight is 240 g/mol. The fourth-order valence-electron chi connectivity index (χ4n) is 5.45. The highest BCUT2D eigenvalue weighted by molar-refractivity contribution is 5.37. The van der Waals surface area contributed by atoms with Crippen molar-refractivity contribution in [1.82, 2.24) is 0 Å². The van der Waals surface area contributed by atoms with E-state index in [9.17, 15) is 0 Å². The van der Waals surface area contributed by atoms with E-state index in [1.807, 2.05) is 0 Å². The molecular formula is C18H24. The minimum absolute atomic E-state index is 0.793. The molecule has 0 spiro atoms. The molecule has 3 aliphatic carbocycles. The van der Waals surface area contributed by atoms with Gasteiger partial charge in [0.15, 0.2) is 0 Å². The summed E-state index contributed by atoms with van der Waals surface area (Å²) in [6, 6.07) is 9.31. The highest BCUT2D eigenvalue weighted by Crippen LogP contribution is 2.57. The summed E-state index contributed by atoms with van der Waals surface area (Å²) in [6.45, 7) is 2.45. The summed E-state index contributed by atoms with van der Waals surface area (Å²) in [7, 11) is 0. The van der Waals surface area contributed by atoms with Crippen LogP contribution in [-0.4, -0.2) is 0 Å². The number of hydrogen-bond donors (Lipinski definition) is 0. The normalized spacial score (nSPS) is 41.9. The van der Waals surface area contributed by atoms with E-state index in [2.05, 4.69) is 31.2 Å². The molecule has 4 rings (SSSR count). The van der Waals surface area contributed by atoms with E-state index in [-0.39, 0.29) is 0 Å². The highest BCUT2D eigenvalue weighted by Gasteiger charge is 2.45. The van der Waals surface area contributed by atoms with E-state index in [1.54, 1.807) is 11.1 Å². The lowest BCUT2D eigenvalue weighted by Gasteiger charge is -2.46. The lowest BCUT2D eigenvalue weighted by atomic mass is 9.59. The van der Waals surface area contributed by atoms with Crippen molar-refractivity contribution >= 4 is 0 Å². The third kappa shape index (κ3) is 1.51. The van der Waals surface area contributed by atoms with Crippen LogP contribution in [0.4, 0.5) is 0 Å². The van der Waals surface area contributed by atoms with E-state index in [1.165, 1.54) is 38.5 Å². The standard InChI is InChI=1S/C18H24/c1-12-11-18-15-8-4-5-13(15)9-10-17(18)16-7-3-2-6-14(12)16/h2-3,6-7,12-13,15,17-18H,4-5,8-11H2,1H3. The van der Waals surface area contributed by atoms with E-state index in [0.29, 0.717) is 0 Å². The van der Waals surface area contributed by atoms with E-state index >= 15 is 0 Å². The molecule has 5 unspecified atom stereocenters. The highest BCUT2D eigenvalue weighted by atomic mass is 14.5. The Bertz CT molecular complexity index is 447. The van der Waals surface area contributed by atoms with Crippen LogP contribution >= 0.6 is 0 Å². The predicted octanol–water partition coefficient (Wildman–Crippen LogP) is 5.10. The van der Waals surface area contributed by atoms with Gasteiger partial charge >= 0.3 is 0 Å². The van der Waals surface area contributed by atoms with Crippen LogP contribution in [0, 0.1) is 17.8 Å². The van der Waals surface area contributed by atoms with Gasteiger partial charge in [-0.1, -0.05) is 44.0 Å². The maximum absolute atomic E-state index is 2.45. The third-order valence-corrected chi connectivity index (χ3v) is 6.19. The summed E-state index contributed by atoms with van der Waals surface area (Å²) >= 11 is 0. The zero-order chi connectivity index (χ0) is 12.1. The van der Waals surface area contributed by atoms with Crippen LogP contribution in [0.25, 0.3) is 0 Å². The molecule has 0 heterocycles. The molecule has 18 heavy (non-hydrogen) atoms. The molecule has 3 aliphatic rings. The molecule has 2 saturated carbocycles. The van der Waals surface area contributed by atoms with Gasteiger partial charge in [-0.25, -0.2) is 0 Å². The first-order valence-electron chi connectivity index (χ1n) is 7.93. The molecule has 0 bridgehead atoms. The molecular weight excluding hydrogens is 216 g/mol. The van der Waals surface area contributed by atoms with E-state index < -0.39 is 0 Å². The van der Waals surface area contributed by atoms with Crippen LogP contribution < -0.4 is 0 Å². The van der Waals surface area contributed by atoms with Crippen molar-refractivity contribution in [1.29, 1.82) is 0 Å². The molecule has 0 aliphatic heterocycles. The molecule has 0 radical (unpaired) electrons. The quantitative estimate of drug-likeness (QED) is 0.591. The second-order valence-electron chi connectivity index (χ2n) is 6.97. The van der Waals surface area contributed by atoms with Crippen LogP contribution in [0.2, 0.25) is 0 Å². The van der Waals surface area contributed by atoms with Crippen molar-refractivity contribution < 1.29 is 0 Å². The number of hydrogen-bond acceptors (Lipinski definition) is 0. The molecule has 0 amide bonds. The molecule has 0 heteroatoms. The van der Waals surface area contributed by atoms with Gasteiger partial charge in [0.2, 0.25) is 0 Å². The van der Waals surface area contributed by atoms with Crippen molar-refractivity contribution in [3.05, 3.63) is 35.4 Å². The first-order chi connectivity index (χ1) is 8.84. The summed E-state index contributed by atoms with van der Waals surface area (Å²) in [5, 5.41) is 0. The fraction of sp³-hybridized carbons (Fsp3) is 0.667. The minimum atomic E-state index is 0.793. The molecule has 0 saturated heterocycles. The van der Waals surface area contributed by atoms with Crippen LogP contribution in [-0.2, 0) is 0 Å². The monoisotopic (exact) mass is 240 g/mol. The van der Waals surface area contributed by atoms with Crippen molar-refractivity contribution in [2.24, 2.45) is 17.8 Å². The predicted molar refractivity (Wildman–Crippen MR) is 75.8 cm³/mol. The Balaban J connectivity index is 1.75. The zero-order valence-electron chi connectivity index (χ0n) is 11.4. The van der Waals surface area contributed by atoms with Gasteiger partial charge in [0.25, 0.3) is 0 Å². The van der Waals surface area contributed by atoms with Gasteiger partial charge in [0, 0.05) is 0 Å². The van der Waals surface area contributed by atoms with Gasteiger partial charge in [0.1, 0.15) is 0 Å². The fourth-order valence-corrected chi connectivity index (χ4v) is 5.45. The summed E-state index contributed by atoms with van der Waals surface area (Å²) in [4.78, 5) is 0. The molecule has 96 valence electrons. The average Bonchev–Trinajstić information content (AvgIpc) is 2.88. The summed E-state index contributed by atoms with van der Waals surface area (Å²) < 4.78 is 0. The first-order valence-corrected chi connectivity index (χ1v) is 7.93. The molecule has 2 fully saturated rings. The lowest BCUT2D eigenvalue weighted by molar-refractivity contribution is 0.128. The molecule has 5 atom stereocenters. The maximum atomic E-state index is 2.45. The third-order valence-electron chi connectivity index (χ3n) is 6.19. The van der Waals surface area contributed by atoms with Crippen LogP contribution in [0.1, 0.15) is 68.4 Å². The second-order valence-corrected chi connectivity index (χ2v) is 6.97. The maximum Gasteiger partial charge on any atom is -0.0128 e. The minimum Gasteiger partial charge on any atom is -0.0620 e. The molecule has 1 aromatic carbocycles. The van der Waals surface area contributed by atoms with E-state index in [4.69, 9.17) is 0 Å². The van der Waals surface area contributed by atoms with Crippen LogP contribution in [0.3, 0.4) is 0 Å². The van der Waals surface area contributed by atoms with Crippen molar-refractivity contribution in [3.8, 4) is 0 Å². The summed E-state index contributed by atoms with van der Waals surface area (Å²) in [6.07, 6.45) is 9.01. The Kier molecular flexibility index (Phi) is 2.53. The van der Waals surface area contributed by atoms with Crippen LogP contribution in [0.5, 0.6) is 0 Å². The van der Waals surface area contributed by atoms with Crippen LogP contribution in [0.15, 0.2) is 24.3 Å². The van der Waals surface area contributed by atoms with Crippen molar-refractivity contribution in [2.45, 2.75) is 57.3 Å². The zero-order valence-corrected chi connectivity index (χ0v) is 11.4. The Hall–Kier alpha value is -0.780. The largest absolute Gasteiger partial charge is 0.0620 e. The molecule has 0 N–H and O–H groups in total. The van der Waals surface area contributed by atoms with Gasteiger partial charge in [-0.05, 0) is 66.4 Å². The SMILES string of the molecule is CC1CC2C(CCC3CCCC32)c2ccccc21. The molecule has 0 aromatic heterocycles. The topological polar surface area (TPSA) is 0 Å². The number of fused-ring (bicyclic) bond motifs is 5. The Labute approximate surface area is 111 Å². The Morgan fingerprint density at radius 3 is 2.61 bits per heavy atom. The molecule has 1 aromatic rings. The summed E-state index contributed by atoms with van der Waals surface area (Å²) in [5.41, 5.74) is 3.38. The van der Waals surface area contributed by atoms with Gasteiger partial charge < -0.3 is 0 Å². The van der Waals surface area contributed by atoms with Gasteiger partial charge in [0.05, 0.1) is 0 Å². The number of benzene rings is 1. The smallest absolute Gasteiger partial charge is 0.0128 e. The first kappa shape index (κ1) is 11.1. The Morgan fingerprint density at radius 1 is 0.889 bits per heavy atom. The lowest BCUT2D eigenvalue weighted by Crippen LogP contribution is -2.34. The molecule has 0 nitrogen and oxygen atoms in total.